The van der Waals surface area contributed by atoms with Crippen molar-refractivity contribution in [2.24, 2.45) is 0 Å². The van der Waals surface area contributed by atoms with Gasteiger partial charge in [0, 0.05) is 0 Å². The zero-order chi connectivity index (χ0) is 14.8. The first-order valence-corrected chi connectivity index (χ1v) is 7.78. The van der Waals surface area contributed by atoms with Crippen molar-refractivity contribution in [3.05, 3.63) is 71.1 Å². The van der Waals surface area contributed by atoms with Gasteiger partial charge in [-0.3, -0.25) is 9.69 Å². The molecule has 1 aliphatic heterocycles. The molecule has 0 aromatic heterocycles. The Morgan fingerprint density at radius 1 is 1.00 bits per heavy atom. The second-order valence-electron chi connectivity index (χ2n) is 4.66. The van der Waals surface area contributed by atoms with E-state index < -0.39 is 0 Å². The van der Waals surface area contributed by atoms with Crippen LogP contribution in [-0.2, 0) is 4.79 Å². The lowest BCUT2D eigenvalue weighted by atomic mass is 10.1. The lowest BCUT2D eigenvalue weighted by molar-refractivity contribution is -0.113. The number of para-hydroxylation sites is 1. The van der Waals surface area contributed by atoms with Crippen LogP contribution in [0.4, 0.5) is 5.69 Å². The molecule has 0 N–H and O–H groups in total. The monoisotopic (exact) mass is 311 g/mol. The summed E-state index contributed by atoms with van der Waals surface area (Å²) >= 11 is 6.75. The second-order valence-corrected chi connectivity index (χ2v) is 6.31. The lowest BCUT2D eigenvalue weighted by Crippen LogP contribution is -2.27. The van der Waals surface area contributed by atoms with Crippen molar-refractivity contribution in [2.75, 3.05) is 4.90 Å². The van der Waals surface area contributed by atoms with Crippen LogP contribution in [0.15, 0.2) is 65.6 Å². The molecule has 3 rings (SSSR count). The first kappa shape index (κ1) is 14.0. The van der Waals surface area contributed by atoms with E-state index in [0.717, 1.165) is 16.8 Å². The molecule has 0 unspecified atom stereocenters. The Balaban J connectivity index is 2.01. The largest absolute Gasteiger partial charge is 0.271 e. The summed E-state index contributed by atoms with van der Waals surface area (Å²) in [6, 6.07) is 19.4. The van der Waals surface area contributed by atoms with Crippen molar-refractivity contribution in [1.29, 1.82) is 0 Å². The number of thioether (sulfide) groups is 1. The molecule has 0 bridgehead atoms. The number of thiocarbonyl (C=S) groups is 1. The van der Waals surface area contributed by atoms with E-state index >= 15 is 0 Å². The van der Waals surface area contributed by atoms with E-state index in [1.165, 1.54) is 11.8 Å². The summed E-state index contributed by atoms with van der Waals surface area (Å²) in [5.41, 5.74) is 2.83. The van der Waals surface area contributed by atoms with E-state index in [4.69, 9.17) is 12.2 Å². The third-order valence-corrected chi connectivity index (χ3v) is 4.81. The quantitative estimate of drug-likeness (QED) is 0.602. The zero-order valence-electron chi connectivity index (χ0n) is 11.4. The minimum absolute atomic E-state index is 0.0439. The Morgan fingerprint density at radius 2 is 1.57 bits per heavy atom. The molecule has 0 spiro atoms. The number of carbonyl (C=O) groups is 1. The third-order valence-electron chi connectivity index (χ3n) is 3.33. The molecule has 2 nitrogen and oxygen atoms in total. The van der Waals surface area contributed by atoms with Crippen molar-refractivity contribution in [3.8, 4) is 0 Å². The average molecular weight is 311 g/mol. The van der Waals surface area contributed by atoms with E-state index in [2.05, 4.69) is 0 Å². The summed E-state index contributed by atoms with van der Waals surface area (Å²) in [4.78, 5) is 15.0. The summed E-state index contributed by atoms with van der Waals surface area (Å²) in [5, 5.41) is 0. The Bertz CT molecular complexity index is 723. The molecular weight excluding hydrogens is 298 g/mol. The smallest absolute Gasteiger partial charge is 0.268 e. The fraction of sp³-hybridized carbons (Fsp3) is 0.0588. The molecule has 2 aromatic carbocycles. The number of carbonyl (C=O) groups excluding carboxylic acids is 1. The average Bonchev–Trinajstić information content (AvgIpc) is 2.83. The van der Waals surface area contributed by atoms with Gasteiger partial charge >= 0.3 is 0 Å². The Kier molecular flexibility index (Phi) is 3.90. The van der Waals surface area contributed by atoms with Gasteiger partial charge in [-0.15, -0.1) is 0 Å². The number of hydrogen-bond acceptors (Lipinski definition) is 3. The van der Waals surface area contributed by atoms with E-state index in [-0.39, 0.29) is 5.91 Å². The van der Waals surface area contributed by atoms with E-state index in [0.29, 0.717) is 9.23 Å². The predicted molar refractivity (Wildman–Crippen MR) is 93.2 cm³/mol. The van der Waals surface area contributed by atoms with Crippen LogP contribution >= 0.6 is 24.0 Å². The van der Waals surface area contributed by atoms with Crippen LogP contribution in [0.25, 0.3) is 5.57 Å². The highest BCUT2D eigenvalue weighted by Crippen LogP contribution is 2.38. The summed E-state index contributed by atoms with van der Waals surface area (Å²) in [7, 11) is 0. The normalized spacial score (nSPS) is 17.3. The van der Waals surface area contributed by atoms with Gasteiger partial charge in [-0.25, -0.2) is 0 Å². The topological polar surface area (TPSA) is 20.3 Å². The number of anilines is 1. The predicted octanol–water partition coefficient (Wildman–Crippen LogP) is 4.48. The zero-order valence-corrected chi connectivity index (χ0v) is 13.1. The van der Waals surface area contributed by atoms with Gasteiger partial charge in [0.2, 0.25) is 0 Å². The van der Waals surface area contributed by atoms with Gasteiger partial charge < -0.3 is 0 Å². The second kappa shape index (κ2) is 5.84. The van der Waals surface area contributed by atoms with Crippen molar-refractivity contribution < 1.29 is 4.79 Å². The van der Waals surface area contributed by atoms with Gasteiger partial charge in [0.25, 0.3) is 5.91 Å². The van der Waals surface area contributed by atoms with E-state index in [1.807, 2.05) is 67.6 Å². The van der Waals surface area contributed by atoms with Crippen molar-refractivity contribution in [2.45, 2.75) is 6.92 Å². The molecule has 2 aromatic rings. The summed E-state index contributed by atoms with van der Waals surface area (Å²) in [5.74, 6) is -0.0439. The van der Waals surface area contributed by atoms with Crippen molar-refractivity contribution >= 4 is 45.5 Å². The van der Waals surface area contributed by atoms with Gasteiger partial charge in [0.1, 0.15) is 0 Å². The molecule has 0 radical (unpaired) electrons. The first-order valence-electron chi connectivity index (χ1n) is 6.56. The maximum Gasteiger partial charge on any atom is 0.271 e. The van der Waals surface area contributed by atoms with Crippen LogP contribution in [-0.4, -0.2) is 10.2 Å². The highest BCUT2D eigenvalue weighted by molar-refractivity contribution is 8.27. The summed E-state index contributed by atoms with van der Waals surface area (Å²) in [6.07, 6.45) is 0. The van der Waals surface area contributed by atoms with Crippen LogP contribution in [0, 0.1) is 0 Å². The highest BCUT2D eigenvalue weighted by atomic mass is 32.2. The van der Waals surface area contributed by atoms with Gasteiger partial charge in [0.15, 0.2) is 4.32 Å². The molecule has 4 heteroatoms. The number of benzene rings is 2. The lowest BCUT2D eigenvalue weighted by Gasteiger charge is -2.14. The third kappa shape index (κ3) is 2.64. The minimum Gasteiger partial charge on any atom is -0.268 e. The Hall–Kier alpha value is -1.91. The SMILES string of the molecule is C/C(=C1\SC(=S)N(c2ccccc2)C1=O)c1ccccc1. The number of allylic oxidation sites excluding steroid dienone is 1. The Labute approximate surface area is 133 Å². The number of nitrogens with zero attached hydrogens (tertiary/aromatic N) is 1. The van der Waals surface area contributed by atoms with Crippen LogP contribution in [0.5, 0.6) is 0 Å². The highest BCUT2D eigenvalue weighted by Gasteiger charge is 2.34. The molecular formula is C17H13NOS2. The standard InChI is InChI=1S/C17H13NOS2/c1-12(13-8-4-2-5-9-13)15-16(19)18(17(20)21-15)14-10-6-3-7-11-14/h2-11H,1H3/b15-12+. The maximum absolute atomic E-state index is 12.7. The molecule has 1 fully saturated rings. The Morgan fingerprint density at radius 3 is 2.19 bits per heavy atom. The summed E-state index contributed by atoms with van der Waals surface area (Å²) in [6.45, 7) is 1.96. The van der Waals surface area contributed by atoms with Crippen LogP contribution < -0.4 is 4.90 Å². The molecule has 104 valence electrons. The fourth-order valence-corrected chi connectivity index (χ4v) is 3.56. The maximum atomic E-state index is 12.7. The number of hydrogen-bond donors (Lipinski definition) is 0. The van der Waals surface area contributed by atoms with Crippen LogP contribution in [0.2, 0.25) is 0 Å². The van der Waals surface area contributed by atoms with Crippen LogP contribution in [0.3, 0.4) is 0 Å². The van der Waals surface area contributed by atoms with Gasteiger partial charge in [-0.2, -0.15) is 0 Å². The van der Waals surface area contributed by atoms with E-state index in [1.54, 1.807) is 4.90 Å². The van der Waals surface area contributed by atoms with Gasteiger partial charge in [-0.05, 0) is 30.2 Å². The molecule has 0 aliphatic carbocycles. The van der Waals surface area contributed by atoms with Crippen molar-refractivity contribution in [1.82, 2.24) is 0 Å². The van der Waals surface area contributed by atoms with Gasteiger partial charge in [-0.1, -0.05) is 72.5 Å². The number of rotatable bonds is 2. The molecule has 1 aliphatic rings. The minimum atomic E-state index is -0.0439. The van der Waals surface area contributed by atoms with E-state index in [9.17, 15) is 4.79 Å². The molecule has 0 atom stereocenters. The molecule has 1 heterocycles. The molecule has 0 saturated carbocycles. The van der Waals surface area contributed by atoms with Gasteiger partial charge in [0.05, 0.1) is 10.6 Å². The van der Waals surface area contributed by atoms with Crippen molar-refractivity contribution in [3.63, 3.8) is 0 Å². The molecule has 1 amide bonds. The molecule has 21 heavy (non-hydrogen) atoms. The fourth-order valence-electron chi connectivity index (χ4n) is 2.22. The molecule has 1 saturated heterocycles. The number of amides is 1. The first-order chi connectivity index (χ1) is 10.2. The van der Waals surface area contributed by atoms with Crippen LogP contribution in [0.1, 0.15) is 12.5 Å². The summed E-state index contributed by atoms with van der Waals surface area (Å²) < 4.78 is 0.580.